The van der Waals surface area contributed by atoms with E-state index in [4.69, 9.17) is 5.11 Å². The molecule has 0 radical (unpaired) electrons. The first-order valence-electron chi connectivity index (χ1n) is 9.57. The molecule has 164 valence electrons. The molecule has 0 fully saturated rings. The number of rotatable bonds is 5. The van der Waals surface area contributed by atoms with Crippen LogP contribution in [0.25, 0.3) is 22.2 Å². The highest BCUT2D eigenvalue weighted by Crippen LogP contribution is 2.31. The molecule has 0 saturated carbocycles. The first kappa shape index (κ1) is 21.6. The van der Waals surface area contributed by atoms with Gasteiger partial charge in [-0.25, -0.2) is 9.97 Å². The maximum absolute atomic E-state index is 12.7. The number of alkyl halides is 3. The summed E-state index contributed by atoms with van der Waals surface area (Å²) in [4.78, 5) is 16.9. The van der Waals surface area contributed by atoms with E-state index in [2.05, 4.69) is 25.3 Å². The van der Waals surface area contributed by atoms with Gasteiger partial charge < -0.3 is 15.5 Å². The van der Waals surface area contributed by atoms with E-state index < -0.39 is 24.5 Å². The predicted octanol–water partition coefficient (Wildman–Crippen LogP) is 4.18. The second-order valence-electron chi connectivity index (χ2n) is 7.14. The Morgan fingerprint density at radius 1 is 1.00 bits per heavy atom. The van der Waals surface area contributed by atoms with Crippen molar-refractivity contribution in [1.82, 2.24) is 19.9 Å². The molecule has 0 spiro atoms. The zero-order valence-corrected chi connectivity index (χ0v) is 16.8. The number of halogens is 3. The van der Waals surface area contributed by atoms with Gasteiger partial charge in [0.1, 0.15) is 17.7 Å². The smallest absolute Gasteiger partial charge is 0.393 e. The van der Waals surface area contributed by atoms with Gasteiger partial charge in [0.25, 0.3) is 0 Å². The molecule has 0 unspecified atom stereocenters. The largest absolute Gasteiger partial charge is 0.417 e. The van der Waals surface area contributed by atoms with Crippen LogP contribution in [0.2, 0.25) is 0 Å². The number of anilines is 2. The topological polar surface area (TPSA) is 104 Å². The highest BCUT2D eigenvalue weighted by Gasteiger charge is 2.30. The lowest BCUT2D eigenvalue weighted by atomic mass is 10.1. The van der Waals surface area contributed by atoms with Gasteiger partial charge in [-0.15, -0.1) is 0 Å². The monoisotopic (exact) mass is 441 g/mol. The van der Waals surface area contributed by atoms with Crippen LogP contribution in [-0.2, 0) is 6.18 Å². The van der Waals surface area contributed by atoms with E-state index in [1.807, 2.05) is 13.0 Å². The van der Waals surface area contributed by atoms with Gasteiger partial charge >= 0.3 is 6.18 Å². The fourth-order valence-electron chi connectivity index (χ4n) is 3.21. The Kier molecular flexibility index (Phi) is 5.72. The van der Waals surface area contributed by atoms with Gasteiger partial charge in [-0.2, -0.15) is 13.2 Å². The molecule has 4 rings (SSSR count). The molecule has 1 atom stereocenters. The van der Waals surface area contributed by atoms with Crippen LogP contribution < -0.4 is 5.32 Å². The number of pyridine rings is 4. The van der Waals surface area contributed by atoms with E-state index in [9.17, 15) is 18.3 Å². The summed E-state index contributed by atoms with van der Waals surface area (Å²) in [5.41, 5.74) is 1.68. The molecule has 0 amide bonds. The number of fused-ring (bicyclic) bond motifs is 1. The Balaban J connectivity index is 1.64. The second kappa shape index (κ2) is 8.48. The molecule has 4 aromatic heterocycles. The van der Waals surface area contributed by atoms with Crippen molar-refractivity contribution in [3.63, 3.8) is 0 Å². The van der Waals surface area contributed by atoms with E-state index in [0.717, 1.165) is 23.2 Å². The van der Waals surface area contributed by atoms with Crippen LogP contribution in [0.15, 0.2) is 55.1 Å². The van der Waals surface area contributed by atoms with Gasteiger partial charge in [0.05, 0.1) is 23.6 Å². The minimum absolute atomic E-state index is 0.220. The zero-order chi connectivity index (χ0) is 22.9. The van der Waals surface area contributed by atoms with Crippen LogP contribution in [0.4, 0.5) is 24.8 Å². The van der Waals surface area contributed by atoms with Crippen molar-refractivity contribution >= 4 is 22.4 Å². The Morgan fingerprint density at radius 3 is 2.47 bits per heavy atom. The summed E-state index contributed by atoms with van der Waals surface area (Å²) in [6, 6.07) is 7.53. The predicted molar refractivity (Wildman–Crippen MR) is 112 cm³/mol. The van der Waals surface area contributed by atoms with Crippen LogP contribution in [0, 0.1) is 6.92 Å². The Labute approximate surface area is 180 Å². The fraction of sp³-hybridized carbons (Fsp3) is 0.182. The maximum atomic E-state index is 12.7. The normalized spacial score (nSPS) is 12.7. The molecule has 10 heteroatoms. The quantitative estimate of drug-likeness (QED) is 0.427. The summed E-state index contributed by atoms with van der Waals surface area (Å²) >= 11 is 0. The van der Waals surface area contributed by atoms with Gasteiger partial charge in [-0.1, -0.05) is 0 Å². The number of aliphatic hydroxyl groups is 2. The highest BCUT2D eigenvalue weighted by molar-refractivity contribution is 5.94. The van der Waals surface area contributed by atoms with Crippen molar-refractivity contribution in [1.29, 1.82) is 0 Å². The number of hydrogen-bond acceptors (Lipinski definition) is 7. The zero-order valence-electron chi connectivity index (χ0n) is 16.8. The lowest BCUT2D eigenvalue weighted by molar-refractivity contribution is -0.137. The van der Waals surface area contributed by atoms with E-state index in [0.29, 0.717) is 28.2 Å². The third-order valence-electron chi connectivity index (χ3n) is 4.89. The SMILES string of the molecule is Cc1cc([C@@H](O)CO)cnc1-c1cc2ccnc(Nc3ccc(C(F)(F)F)cn3)c2cn1. The molecule has 0 aromatic carbocycles. The summed E-state index contributed by atoms with van der Waals surface area (Å²) in [5.74, 6) is 0.623. The van der Waals surface area contributed by atoms with E-state index in [1.54, 1.807) is 24.5 Å². The van der Waals surface area contributed by atoms with Gasteiger partial charge in [-0.3, -0.25) is 9.97 Å². The van der Waals surface area contributed by atoms with E-state index >= 15 is 0 Å². The Bertz CT molecular complexity index is 1260. The lowest BCUT2D eigenvalue weighted by Crippen LogP contribution is -2.06. The number of nitrogens with one attached hydrogen (secondary N) is 1. The van der Waals surface area contributed by atoms with Crippen molar-refractivity contribution in [2.75, 3.05) is 11.9 Å². The van der Waals surface area contributed by atoms with Gasteiger partial charge in [0.15, 0.2) is 0 Å². The molecular weight excluding hydrogens is 423 g/mol. The number of nitrogens with zero attached hydrogens (tertiary/aromatic N) is 4. The number of hydrogen-bond donors (Lipinski definition) is 3. The van der Waals surface area contributed by atoms with Gasteiger partial charge in [0, 0.05) is 35.7 Å². The van der Waals surface area contributed by atoms with Crippen LogP contribution >= 0.6 is 0 Å². The lowest BCUT2D eigenvalue weighted by Gasteiger charge is -2.12. The van der Waals surface area contributed by atoms with Crippen LogP contribution in [0.1, 0.15) is 22.8 Å². The molecule has 3 N–H and O–H groups in total. The molecule has 0 aliphatic carbocycles. The second-order valence-corrected chi connectivity index (χ2v) is 7.14. The summed E-state index contributed by atoms with van der Waals surface area (Å²) in [7, 11) is 0. The number of aliphatic hydroxyl groups excluding tert-OH is 2. The number of aromatic nitrogens is 4. The van der Waals surface area contributed by atoms with Crippen molar-refractivity contribution in [3.8, 4) is 11.4 Å². The van der Waals surface area contributed by atoms with Crippen molar-refractivity contribution in [2.45, 2.75) is 19.2 Å². The average Bonchev–Trinajstić information content (AvgIpc) is 2.78. The molecule has 0 aliphatic heterocycles. The van der Waals surface area contributed by atoms with Crippen LogP contribution in [-0.4, -0.2) is 36.8 Å². The van der Waals surface area contributed by atoms with Gasteiger partial charge in [0.2, 0.25) is 0 Å². The van der Waals surface area contributed by atoms with Crippen LogP contribution in [0.3, 0.4) is 0 Å². The number of aryl methyl sites for hydroxylation is 1. The first-order chi connectivity index (χ1) is 15.3. The first-order valence-corrected chi connectivity index (χ1v) is 9.57. The van der Waals surface area contributed by atoms with Crippen molar-refractivity contribution < 1.29 is 23.4 Å². The molecule has 4 heterocycles. The van der Waals surface area contributed by atoms with Gasteiger partial charge in [-0.05, 0) is 48.2 Å². The summed E-state index contributed by atoms with van der Waals surface area (Å²) in [6.45, 7) is 1.43. The van der Waals surface area contributed by atoms with E-state index in [-0.39, 0.29) is 5.82 Å². The standard InChI is InChI=1S/C22H18F3N5O2/c1-12-6-14(18(32)11-31)8-29-20(12)17-7-13-4-5-26-21(16(13)10-27-17)30-19-3-2-15(9-28-19)22(23,24)25/h2-10,18,31-32H,11H2,1H3,(H,26,28,30)/t18-/m0/s1. The third kappa shape index (κ3) is 4.36. The minimum Gasteiger partial charge on any atom is -0.393 e. The molecule has 7 nitrogen and oxygen atoms in total. The Morgan fingerprint density at radius 2 is 1.81 bits per heavy atom. The molecule has 0 bridgehead atoms. The summed E-state index contributed by atoms with van der Waals surface area (Å²) in [5, 5.41) is 23.3. The average molecular weight is 441 g/mol. The summed E-state index contributed by atoms with van der Waals surface area (Å²) < 4.78 is 38.2. The molecule has 0 aliphatic rings. The minimum atomic E-state index is -4.45. The van der Waals surface area contributed by atoms with E-state index in [1.165, 1.54) is 12.3 Å². The molecule has 4 aromatic rings. The molecule has 0 saturated heterocycles. The maximum Gasteiger partial charge on any atom is 0.417 e. The molecule has 32 heavy (non-hydrogen) atoms. The Hall–Kier alpha value is -3.63. The van der Waals surface area contributed by atoms with Crippen molar-refractivity contribution in [3.05, 3.63) is 71.8 Å². The van der Waals surface area contributed by atoms with Crippen LogP contribution in [0.5, 0.6) is 0 Å². The highest BCUT2D eigenvalue weighted by atomic mass is 19.4. The third-order valence-corrected chi connectivity index (χ3v) is 4.89. The fourth-order valence-corrected chi connectivity index (χ4v) is 3.21. The molecular formula is C22H18F3N5O2. The summed E-state index contributed by atoms with van der Waals surface area (Å²) in [6.07, 6.45) is -0.0374. The van der Waals surface area contributed by atoms with Crippen molar-refractivity contribution in [2.24, 2.45) is 0 Å².